The predicted octanol–water partition coefficient (Wildman–Crippen LogP) is 3.55. The van der Waals surface area contributed by atoms with E-state index in [4.69, 9.17) is 5.73 Å². The second-order valence-corrected chi connectivity index (χ2v) is 5.42. The van der Waals surface area contributed by atoms with Gasteiger partial charge in [0.25, 0.3) is 0 Å². The van der Waals surface area contributed by atoms with E-state index in [1.165, 1.54) is 6.42 Å². The summed E-state index contributed by atoms with van der Waals surface area (Å²) in [6.45, 7) is 4.33. The van der Waals surface area contributed by atoms with Gasteiger partial charge >= 0.3 is 0 Å². The highest BCUT2D eigenvalue weighted by Gasteiger charge is 2.15. The van der Waals surface area contributed by atoms with Crippen LogP contribution in [0.4, 0.5) is 0 Å². The van der Waals surface area contributed by atoms with Crippen molar-refractivity contribution in [2.75, 3.05) is 0 Å². The summed E-state index contributed by atoms with van der Waals surface area (Å²) in [5.41, 5.74) is 7.10. The molecule has 0 heterocycles. The molecule has 3 heteroatoms. The Labute approximate surface area is 122 Å². The summed E-state index contributed by atoms with van der Waals surface area (Å²) in [5, 5.41) is 3.13. The van der Waals surface area contributed by atoms with Crippen molar-refractivity contribution in [2.45, 2.75) is 64.5 Å². The third-order valence-electron chi connectivity index (χ3n) is 3.54. The first-order chi connectivity index (χ1) is 9.67. The summed E-state index contributed by atoms with van der Waals surface area (Å²) >= 11 is 0. The van der Waals surface area contributed by atoms with Gasteiger partial charge in [0.1, 0.15) is 0 Å². The maximum Gasteiger partial charge on any atom is 0.222 e. The number of carbonyl (C=O) groups excluding carboxylic acids is 1. The first-order valence-electron chi connectivity index (χ1n) is 7.77. The molecule has 0 aromatic heterocycles. The second kappa shape index (κ2) is 9.54. The maximum absolute atomic E-state index is 12.1. The van der Waals surface area contributed by atoms with E-state index < -0.39 is 0 Å². The number of carbonyl (C=O) groups is 1. The Kier molecular flexibility index (Phi) is 7.97. The van der Waals surface area contributed by atoms with E-state index in [0.29, 0.717) is 12.5 Å². The zero-order chi connectivity index (χ0) is 14.8. The second-order valence-electron chi connectivity index (χ2n) is 5.42. The van der Waals surface area contributed by atoms with Gasteiger partial charge in [0.05, 0.1) is 0 Å². The van der Waals surface area contributed by atoms with Crippen LogP contribution in [0.25, 0.3) is 0 Å². The molecule has 0 saturated heterocycles. The zero-order valence-corrected chi connectivity index (χ0v) is 12.8. The minimum atomic E-state index is -0.218. The van der Waals surface area contributed by atoms with Gasteiger partial charge in [-0.05, 0) is 18.4 Å². The van der Waals surface area contributed by atoms with Crippen LogP contribution in [0.3, 0.4) is 0 Å². The highest BCUT2D eigenvalue weighted by molar-refractivity contribution is 5.77. The number of rotatable bonds is 9. The Morgan fingerprint density at radius 2 is 1.85 bits per heavy atom. The lowest BCUT2D eigenvalue weighted by Gasteiger charge is -2.19. The Morgan fingerprint density at radius 1 is 1.15 bits per heavy atom. The van der Waals surface area contributed by atoms with E-state index in [-0.39, 0.29) is 11.9 Å². The van der Waals surface area contributed by atoms with E-state index in [1.54, 1.807) is 0 Å². The first kappa shape index (κ1) is 16.7. The van der Waals surface area contributed by atoms with Gasteiger partial charge < -0.3 is 11.1 Å². The van der Waals surface area contributed by atoms with Crippen LogP contribution in [-0.4, -0.2) is 11.9 Å². The lowest BCUT2D eigenvalue weighted by atomic mass is 10.0. The highest BCUT2D eigenvalue weighted by atomic mass is 16.1. The molecule has 1 aromatic carbocycles. The van der Waals surface area contributed by atoms with Crippen molar-refractivity contribution in [3.63, 3.8) is 0 Å². The molecule has 112 valence electrons. The van der Waals surface area contributed by atoms with Crippen LogP contribution in [0.1, 0.15) is 64.0 Å². The van der Waals surface area contributed by atoms with Crippen molar-refractivity contribution in [3.05, 3.63) is 35.9 Å². The van der Waals surface area contributed by atoms with Gasteiger partial charge in [-0.1, -0.05) is 63.4 Å². The third kappa shape index (κ3) is 6.20. The largest absolute Gasteiger partial charge is 0.353 e. The van der Waals surface area contributed by atoms with Gasteiger partial charge in [-0.25, -0.2) is 0 Å². The summed E-state index contributed by atoms with van der Waals surface area (Å²) in [4.78, 5) is 12.1. The molecule has 0 saturated carbocycles. The fourth-order valence-corrected chi connectivity index (χ4v) is 2.39. The van der Waals surface area contributed by atoms with Crippen molar-refractivity contribution in [2.24, 2.45) is 5.73 Å². The summed E-state index contributed by atoms with van der Waals surface area (Å²) in [6, 6.07) is 9.89. The number of nitrogens with two attached hydrogens (primary N) is 1. The van der Waals surface area contributed by atoms with Crippen LogP contribution in [0, 0.1) is 0 Å². The van der Waals surface area contributed by atoms with E-state index in [2.05, 4.69) is 19.2 Å². The van der Waals surface area contributed by atoms with Gasteiger partial charge in [-0.3, -0.25) is 4.79 Å². The van der Waals surface area contributed by atoms with Crippen molar-refractivity contribution < 1.29 is 4.79 Å². The standard InChI is InChI=1S/C17H28N2O/c1-3-5-12-15(9-4-2)19-17(20)13-16(18)14-10-7-6-8-11-14/h6-8,10-11,15-16H,3-5,9,12-13,18H2,1-2H3,(H,19,20). The van der Waals surface area contributed by atoms with E-state index in [1.807, 2.05) is 30.3 Å². The average molecular weight is 276 g/mol. The Hall–Kier alpha value is -1.35. The molecule has 3 nitrogen and oxygen atoms in total. The van der Waals surface area contributed by atoms with E-state index in [0.717, 1.165) is 31.2 Å². The van der Waals surface area contributed by atoms with Crippen molar-refractivity contribution >= 4 is 5.91 Å². The molecule has 2 atom stereocenters. The summed E-state index contributed by atoms with van der Waals surface area (Å²) < 4.78 is 0. The maximum atomic E-state index is 12.1. The number of unbranched alkanes of at least 4 members (excludes halogenated alkanes) is 1. The molecule has 1 rings (SSSR count). The molecule has 0 aliphatic heterocycles. The molecule has 0 spiro atoms. The first-order valence-corrected chi connectivity index (χ1v) is 7.77. The fraction of sp³-hybridized carbons (Fsp3) is 0.588. The van der Waals surface area contributed by atoms with Gasteiger partial charge in [0.15, 0.2) is 0 Å². The number of benzene rings is 1. The zero-order valence-electron chi connectivity index (χ0n) is 12.8. The molecule has 0 aliphatic carbocycles. The minimum absolute atomic E-state index is 0.0657. The van der Waals surface area contributed by atoms with Crippen LogP contribution < -0.4 is 11.1 Å². The summed E-state index contributed by atoms with van der Waals surface area (Å²) in [7, 11) is 0. The molecule has 20 heavy (non-hydrogen) atoms. The van der Waals surface area contributed by atoms with Gasteiger partial charge in [0, 0.05) is 18.5 Å². The van der Waals surface area contributed by atoms with Crippen LogP contribution in [0.15, 0.2) is 30.3 Å². The van der Waals surface area contributed by atoms with Crippen molar-refractivity contribution in [3.8, 4) is 0 Å². The fourth-order valence-electron chi connectivity index (χ4n) is 2.39. The highest BCUT2D eigenvalue weighted by Crippen LogP contribution is 2.14. The van der Waals surface area contributed by atoms with Crippen LogP contribution in [0.2, 0.25) is 0 Å². The number of hydrogen-bond donors (Lipinski definition) is 2. The molecule has 1 aromatic rings. The van der Waals surface area contributed by atoms with Gasteiger partial charge in [-0.2, -0.15) is 0 Å². The van der Waals surface area contributed by atoms with E-state index >= 15 is 0 Å². The number of amides is 1. The molecular weight excluding hydrogens is 248 g/mol. The SMILES string of the molecule is CCCCC(CCC)NC(=O)CC(N)c1ccccc1. The normalized spacial score (nSPS) is 13.8. The molecule has 0 radical (unpaired) electrons. The van der Waals surface area contributed by atoms with Gasteiger partial charge in [-0.15, -0.1) is 0 Å². The van der Waals surface area contributed by atoms with Crippen LogP contribution in [-0.2, 0) is 4.79 Å². The summed E-state index contributed by atoms with van der Waals surface area (Å²) in [6.07, 6.45) is 5.90. The molecule has 0 aliphatic rings. The van der Waals surface area contributed by atoms with Crippen molar-refractivity contribution in [1.29, 1.82) is 0 Å². The number of nitrogens with one attached hydrogen (secondary N) is 1. The molecule has 2 unspecified atom stereocenters. The van der Waals surface area contributed by atoms with Gasteiger partial charge in [0.2, 0.25) is 5.91 Å². The monoisotopic (exact) mass is 276 g/mol. The summed E-state index contributed by atoms with van der Waals surface area (Å²) in [5.74, 6) is 0.0657. The molecular formula is C17H28N2O. The molecule has 1 amide bonds. The Morgan fingerprint density at radius 3 is 2.45 bits per heavy atom. The lowest BCUT2D eigenvalue weighted by Crippen LogP contribution is -2.36. The molecule has 0 bridgehead atoms. The average Bonchev–Trinajstić information content (AvgIpc) is 2.45. The molecule has 0 fully saturated rings. The van der Waals surface area contributed by atoms with E-state index in [9.17, 15) is 4.79 Å². The minimum Gasteiger partial charge on any atom is -0.353 e. The lowest BCUT2D eigenvalue weighted by molar-refractivity contribution is -0.122. The Bertz CT molecular complexity index is 378. The predicted molar refractivity (Wildman–Crippen MR) is 84.4 cm³/mol. The molecule has 3 N–H and O–H groups in total. The van der Waals surface area contributed by atoms with Crippen LogP contribution in [0.5, 0.6) is 0 Å². The smallest absolute Gasteiger partial charge is 0.222 e. The van der Waals surface area contributed by atoms with Crippen LogP contribution >= 0.6 is 0 Å². The quantitative estimate of drug-likeness (QED) is 0.724. The Balaban J connectivity index is 2.44. The third-order valence-corrected chi connectivity index (χ3v) is 3.54. The van der Waals surface area contributed by atoms with Crippen molar-refractivity contribution in [1.82, 2.24) is 5.32 Å². The topological polar surface area (TPSA) is 55.1 Å². The number of hydrogen-bond acceptors (Lipinski definition) is 2.